The van der Waals surface area contributed by atoms with Gasteiger partial charge in [-0.2, -0.15) is 0 Å². The lowest BCUT2D eigenvalue weighted by Gasteiger charge is -2.21. The van der Waals surface area contributed by atoms with Gasteiger partial charge in [0.2, 0.25) is 0 Å². The third-order valence-electron chi connectivity index (χ3n) is 3.47. The third kappa shape index (κ3) is 2.22. The van der Waals surface area contributed by atoms with Gasteiger partial charge in [0.25, 0.3) is 0 Å². The van der Waals surface area contributed by atoms with Crippen molar-refractivity contribution < 1.29 is 5.11 Å². The van der Waals surface area contributed by atoms with Gasteiger partial charge < -0.3 is 9.67 Å². The van der Waals surface area contributed by atoms with E-state index in [-0.39, 0.29) is 6.61 Å². The van der Waals surface area contributed by atoms with Gasteiger partial charge >= 0.3 is 0 Å². The van der Waals surface area contributed by atoms with Crippen molar-refractivity contribution in [2.45, 2.75) is 19.4 Å². The van der Waals surface area contributed by atoms with Crippen molar-refractivity contribution in [1.82, 2.24) is 9.55 Å². The molecule has 0 amide bonds. The van der Waals surface area contributed by atoms with Crippen LogP contribution >= 0.6 is 15.9 Å². The molecule has 1 aliphatic heterocycles. The van der Waals surface area contributed by atoms with Crippen LogP contribution in [-0.4, -0.2) is 21.3 Å². The summed E-state index contributed by atoms with van der Waals surface area (Å²) in [6.45, 7) is 1.15. The van der Waals surface area contributed by atoms with Crippen LogP contribution in [0.25, 0.3) is 11.3 Å². The highest BCUT2D eigenvalue weighted by molar-refractivity contribution is 9.10. The predicted molar refractivity (Wildman–Crippen MR) is 74.3 cm³/mol. The first kappa shape index (κ1) is 11.9. The van der Waals surface area contributed by atoms with Gasteiger partial charge in [0.15, 0.2) is 0 Å². The van der Waals surface area contributed by atoms with E-state index in [1.165, 1.54) is 0 Å². The molecule has 1 unspecified atom stereocenters. The van der Waals surface area contributed by atoms with Gasteiger partial charge in [-0.1, -0.05) is 28.1 Å². The number of imidazole rings is 1. The lowest BCUT2D eigenvalue weighted by molar-refractivity contribution is 0.190. The summed E-state index contributed by atoms with van der Waals surface area (Å²) < 4.78 is 3.25. The maximum atomic E-state index is 9.24. The van der Waals surface area contributed by atoms with Gasteiger partial charge in [-0.25, -0.2) is 4.98 Å². The lowest BCUT2D eigenvalue weighted by Crippen LogP contribution is -2.22. The largest absolute Gasteiger partial charge is 0.396 e. The van der Waals surface area contributed by atoms with E-state index >= 15 is 0 Å². The molecule has 4 heteroatoms. The molecular formula is C14H15BrN2O. The van der Waals surface area contributed by atoms with Crippen LogP contribution < -0.4 is 0 Å². The zero-order chi connectivity index (χ0) is 12.5. The van der Waals surface area contributed by atoms with E-state index in [2.05, 4.69) is 38.8 Å². The molecule has 94 valence electrons. The first-order chi connectivity index (χ1) is 8.76. The van der Waals surface area contributed by atoms with Crippen LogP contribution in [0.1, 0.15) is 12.2 Å². The Kier molecular flexibility index (Phi) is 3.22. The van der Waals surface area contributed by atoms with Crippen molar-refractivity contribution >= 4 is 15.9 Å². The minimum atomic E-state index is 0.268. The number of hydrogen-bond acceptors (Lipinski definition) is 2. The van der Waals surface area contributed by atoms with Crippen LogP contribution in [0, 0.1) is 5.92 Å². The fraction of sp³-hybridized carbons (Fsp3) is 0.357. The molecule has 0 saturated heterocycles. The highest BCUT2D eigenvalue weighted by atomic mass is 79.9. The Labute approximate surface area is 115 Å². The zero-order valence-corrected chi connectivity index (χ0v) is 11.6. The smallest absolute Gasteiger partial charge is 0.109 e. The maximum Gasteiger partial charge on any atom is 0.109 e. The van der Waals surface area contributed by atoms with E-state index in [1.54, 1.807) is 0 Å². The molecular weight excluding hydrogens is 292 g/mol. The number of aryl methyl sites for hydroxylation is 1. The van der Waals surface area contributed by atoms with Gasteiger partial charge in [0.1, 0.15) is 5.82 Å². The zero-order valence-electron chi connectivity index (χ0n) is 10.0. The van der Waals surface area contributed by atoms with Crippen molar-refractivity contribution in [3.05, 3.63) is 40.8 Å². The SMILES string of the molecule is OCC1CCc2nc(-c3cccc(Br)c3)cn2C1. The van der Waals surface area contributed by atoms with Gasteiger partial charge in [0.05, 0.1) is 5.69 Å². The Morgan fingerprint density at radius 2 is 2.33 bits per heavy atom. The highest BCUT2D eigenvalue weighted by Crippen LogP contribution is 2.26. The number of aromatic nitrogens is 2. The van der Waals surface area contributed by atoms with Crippen LogP contribution in [0.4, 0.5) is 0 Å². The fourth-order valence-electron chi connectivity index (χ4n) is 2.45. The van der Waals surface area contributed by atoms with Crippen molar-refractivity contribution in [1.29, 1.82) is 0 Å². The second-order valence-electron chi connectivity index (χ2n) is 4.79. The van der Waals surface area contributed by atoms with Crippen LogP contribution in [0.3, 0.4) is 0 Å². The lowest BCUT2D eigenvalue weighted by atomic mass is 10.0. The summed E-state index contributed by atoms with van der Waals surface area (Å²) in [5.74, 6) is 1.51. The Bertz CT molecular complexity index is 565. The van der Waals surface area contributed by atoms with E-state index < -0.39 is 0 Å². The topological polar surface area (TPSA) is 38.1 Å². The van der Waals surface area contributed by atoms with E-state index in [0.29, 0.717) is 5.92 Å². The number of rotatable bonds is 2. The van der Waals surface area contributed by atoms with Gasteiger partial charge in [-0.15, -0.1) is 0 Å². The Balaban J connectivity index is 1.94. The van der Waals surface area contributed by atoms with Crippen molar-refractivity contribution in [2.24, 2.45) is 5.92 Å². The molecule has 2 heterocycles. The monoisotopic (exact) mass is 306 g/mol. The molecule has 1 aromatic heterocycles. The van der Waals surface area contributed by atoms with Crippen LogP contribution in [0.2, 0.25) is 0 Å². The van der Waals surface area contributed by atoms with Gasteiger partial charge in [-0.05, 0) is 18.6 Å². The summed E-state index contributed by atoms with van der Waals surface area (Å²) in [4.78, 5) is 4.69. The average Bonchev–Trinajstić information content (AvgIpc) is 2.81. The first-order valence-electron chi connectivity index (χ1n) is 6.19. The molecule has 1 atom stereocenters. The number of aliphatic hydroxyl groups excluding tert-OH is 1. The molecule has 3 nitrogen and oxygen atoms in total. The number of nitrogens with zero attached hydrogens (tertiary/aromatic N) is 2. The second-order valence-corrected chi connectivity index (χ2v) is 5.71. The first-order valence-corrected chi connectivity index (χ1v) is 6.98. The van der Waals surface area contributed by atoms with Crippen molar-refractivity contribution in [2.75, 3.05) is 6.61 Å². The molecule has 1 N–H and O–H groups in total. The molecule has 0 radical (unpaired) electrons. The molecule has 0 aliphatic carbocycles. The third-order valence-corrected chi connectivity index (χ3v) is 3.96. The molecule has 1 aromatic carbocycles. The molecule has 3 rings (SSSR count). The van der Waals surface area contributed by atoms with E-state index in [0.717, 1.165) is 40.9 Å². The number of halogens is 1. The summed E-state index contributed by atoms with van der Waals surface area (Å²) in [5.41, 5.74) is 2.15. The summed E-state index contributed by atoms with van der Waals surface area (Å²) in [5, 5.41) is 9.24. The molecule has 0 fully saturated rings. The van der Waals surface area contributed by atoms with Gasteiger partial charge in [-0.3, -0.25) is 0 Å². The molecule has 18 heavy (non-hydrogen) atoms. The van der Waals surface area contributed by atoms with E-state index in [1.807, 2.05) is 12.1 Å². The van der Waals surface area contributed by atoms with Crippen molar-refractivity contribution in [3.63, 3.8) is 0 Å². The fourth-order valence-corrected chi connectivity index (χ4v) is 2.85. The minimum Gasteiger partial charge on any atom is -0.396 e. The minimum absolute atomic E-state index is 0.268. The number of fused-ring (bicyclic) bond motifs is 1. The van der Waals surface area contributed by atoms with E-state index in [9.17, 15) is 5.11 Å². The Hall–Kier alpha value is -1.13. The van der Waals surface area contributed by atoms with Crippen LogP contribution in [0.15, 0.2) is 34.9 Å². The summed E-state index contributed by atoms with van der Waals surface area (Å²) >= 11 is 3.48. The summed E-state index contributed by atoms with van der Waals surface area (Å²) in [7, 11) is 0. The van der Waals surface area contributed by atoms with Gasteiger partial charge in [0, 0.05) is 41.7 Å². The number of benzene rings is 1. The van der Waals surface area contributed by atoms with Crippen LogP contribution in [-0.2, 0) is 13.0 Å². The maximum absolute atomic E-state index is 9.24. The predicted octanol–water partition coefficient (Wildman–Crippen LogP) is 2.87. The molecule has 0 saturated carbocycles. The standard InChI is InChI=1S/C14H15BrN2O/c15-12-3-1-2-11(6-12)13-8-17-7-10(9-18)4-5-14(17)16-13/h1-3,6,8,10,18H,4-5,7,9H2. The Morgan fingerprint density at radius 3 is 3.11 bits per heavy atom. The van der Waals surface area contributed by atoms with Crippen LogP contribution in [0.5, 0.6) is 0 Å². The summed E-state index contributed by atoms with van der Waals surface area (Å²) in [6.07, 6.45) is 4.09. The van der Waals surface area contributed by atoms with E-state index in [4.69, 9.17) is 4.98 Å². The Morgan fingerprint density at radius 1 is 1.44 bits per heavy atom. The van der Waals surface area contributed by atoms with Crippen molar-refractivity contribution in [3.8, 4) is 11.3 Å². The molecule has 2 aromatic rings. The normalized spacial score (nSPS) is 18.7. The molecule has 0 spiro atoms. The number of aliphatic hydroxyl groups is 1. The summed E-state index contributed by atoms with van der Waals surface area (Å²) in [6, 6.07) is 8.19. The quantitative estimate of drug-likeness (QED) is 0.926. The molecule has 0 bridgehead atoms. The molecule has 1 aliphatic rings. The number of hydrogen-bond donors (Lipinski definition) is 1. The average molecular weight is 307 g/mol. The highest BCUT2D eigenvalue weighted by Gasteiger charge is 2.20. The second kappa shape index (κ2) is 4.86.